The molecule has 2 N–H and O–H groups in total. The van der Waals surface area contributed by atoms with Gasteiger partial charge >= 0.3 is 0 Å². The predicted molar refractivity (Wildman–Crippen MR) is 153 cm³/mol. The predicted octanol–water partition coefficient (Wildman–Crippen LogP) is 6.90. The molecule has 2 aromatic rings. The van der Waals surface area contributed by atoms with Gasteiger partial charge in [-0.15, -0.1) is 11.8 Å². The monoisotopic (exact) mass is 566 g/mol. The number of carbonyl (C=O) groups excluding carboxylic acids is 1. The van der Waals surface area contributed by atoms with Crippen LogP contribution in [0.2, 0.25) is 15.2 Å². The molecule has 1 aromatic heterocycles. The standard InChI is InChI=1S/C26H29Cl3N4O2S/c1-3-5-19(6-4-13-34)9-11-32-25(35)17-36-26(32)10-12-33(22-15-20(27)14-21(28)16-22)31-18(2)23-7-8-24(29)30-23/h4-8,10,12,14-16,26,30,34H,3,9,11,13,17H2,1-2H3/b6-4-,12-10+,19-5+,31-18+. The smallest absolute Gasteiger partial charge is 0.233 e. The molecule has 0 bridgehead atoms. The number of hydrogen-bond acceptors (Lipinski definition) is 5. The summed E-state index contributed by atoms with van der Waals surface area (Å²) in [6.07, 6.45) is 11.1. The van der Waals surface area contributed by atoms with Crippen molar-refractivity contribution in [3.63, 3.8) is 0 Å². The van der Waals surface area contributed by atoms with Crippen LogP contribution in [0.25, 0.3) is 0 Å². The molecule has 36 heavy (non-hydrogen) atoms. The van der Waals surface area contributed by atoms with Crippen LogP contribution < -0.4 is 5.01 Å². The van der Waals surface area contributed by atoms with E-state index in [0.717, 1.165) is 17.7 Å². The van der Waals surface area contributed by atoms with Crippen LogP contribution in [-0.2, 0) is 4.79 Å². The molecule has 1 atom stereocenters. The van der Waals surface area contributed by atoms with Gasteiger partial charge in [-0.1, -0.05) is 65.5 Å². The van der Waals surface area contributed by atoms with Crippen molar-refractivity contribution < 1.29 is 9.90 Å². The summed E-state index contributed by atoms with van der Waals surface area (Å²) < 4.78 is 0. The maximum atomic E-state index is 12.6. The van der Waals surface area contributed by atoms with Crippen molar-refractivity contribution in [3.8, 4) is 0 Å². The Hall–Kier alpha value is -2.16. The first-order valence-electron chi connectivity index (χ1n) is 11.5. The maximum Gasteiger partial charge on any atom is 0.233 e. The number of thioether (sulfide) groups is 1. The van der Waals surface area contributed by atoms with Gasteiger partial charge < -0.3 is 15.0 Å². The normalized spacial score (nSPS) is 17.2. The highest BCUT2D eigenvalue weighted by Crippen LogP contribution is 2.30. The summed E-state index contributed by atoms with van der Waals surface area (Å²) in [5.41, 5.74) is 3.27. The minimum Gasteiger partial charge on any atom is -0.392 e. The number of benzene rings is 1. The molecule has 3 rings (SSSR count). The zero-order valence-electron chi connectivity index (χ0n) is 20.1. The van der Waals surface area contributed by atoms with Gasteiger partial charge in [-0.3, -0.25) is 4.79 Å². The summed E-state index contributed by atoms with van der Waals surface area (Å²) in [7, 11) is 0. The SMILES string of the molecule is CC/C=C(\C=C/CO)CCN1C(=O)CSC1/C=C/N(/N=C(\C)c1ccc(Cl)[nH]1)c1cc(Cl)cc(Cl)c1. The number of aromatic nitrogens is 1. The zero-order chi connectivity index (χ0) is 26.1. The second-order valence-corrected chi connectivity index (χ2v) is 10.4. The molecule has 1 fully saturated rings. The van der Waals surface area contributed by atoms with Crippen molar-refractivity contribution in [2.75, 3.05) is 23.9 Å². The van der Waals surface area contributed by atoms with Crippen LogP contribution in [-0.4, -0.2) is 50.9 Å². The van der Waals surface area contributed by atoms with E-state index in [1.165, 1.54) is 0 Å². The number of nitrogens with zero attached hydrogens (tertiary/aromatic N) is 3. The van der Waals surface area contributed by atoms with Crippen LogP contribution in [0, 0.1) is 0 Å². The molecule has 2 heterocycles. The third kappa shape index (κ3) is 8.18. The number of hydrogen-bond donors (Lipinski definition) is 2. The summed E-state index contributed by atoms with van der Waals surface area (Å²) in [5, 5.41) is 16.9. The van der Waals surface area contributed by atoms with E-state index in [9.17, 15) is 4.79 Å². The highest BCUT2D eigenvalue weighted by Gasteiger charge is 2.29. The lowest BCUT2D eigenvalue weighted by molar-refractivity contribution is -0.127. The topological polar surface area (TPSA) is 71.9 Å². The number of carbonyl (C=O) groups is 1. The number of aromatic amines is 1. The lowest BCUT2D eigenvalue weighted by Gasteiger charge is -2.23. The summed E-state index contributed by atoms with van der Waals surface area (Å²) in [6.45, 7) is 4.50. The average molecular weight is 568 g/mol. The fourth-order valence-electron chi connectivity index (χ4n) is 3.65. The lowest BCUT2D eigenvalue weighted by Crippen LogP contribution is -2.33. The molecule has 6 nitrogen and oxygen atoms in total. The Bertz CT molecular complexity index is 1160. The zero-order valence-corrected chi connectivity index (χ0v) is 23.2. The summed E-state index contributed by atoms with van der Waals surface area (Å²) in [4.78, 5) is 17.6. The largest absolute Gasteiger partial charge is 0.392 e. The van der Waals surface area contributed by atoms with Crippen LogP contribution in [0.4, 0.5) is 5.69 Å². The second-order valence-electron chi connectivity index (χ2n) is 8.03. The number of aliphatic hydroxyl groups is 1. The Balaban J connectivity index is 1.85. The third-order valence-electron chi connectivity index (χ3n) is 5.35. The first-order valence-corrected chi connectivity index (χ1v) is 13.7. The van der Waals surface area contributed by atoms with Crippen molar-refractivity contribution in [1.29, 1.82) is 0 Å². The van der Waals surface area contributed by atoms with Gasteiger partial charge in [-0.05, 0) is 56.2 Å². The average Bonchev–Trinajstić information content (AvgIpc) is 3.43. The molecule has 0 saturated carbocycles. The number of hydrazone groups is 1. The van der Waals surface area contributed by atoms with Crippen LogP contribution in [0.1, 0.15) is 32.4 Å². The first-order chi connectivity index (χ1) is 17.3. The fraction of sp³-hybridized carbons (Fsp3) is 0.308. The molecule has 1 aromatic carbocycles. The fourth-order valence-corrected chi connectivity index (χ4v) is 5.39. The molecule has 1 aliphatic heterocycles. The van der Waals surface area contributed by atoms with Gasteiger partial charge in [0.05, 0.1) is 34.8 Å². The van der Waals surface area contributed by atoms with E-state index in [-0.39, 0.29) is 17.9 Å². The molecule has 0 aliphatic carbocycles. The molecule has 1 aliphatic rings. The first kappa shape index (κ1) is 28.4. The van der Waals surface area contributed by atoms with Gasteiger partial charge in [-0.2, -0.15) is 5.10 Å². The maximum absolute atomic E-state index is 12.6. The third-order valence-corrected chi connectivity index (χ3v) is 7.18. The highest BCUT2D eigenvalue weighted by atomic mass is 35.5. The van der Waals surface area contributed by atoms with E-state index in [2.05, 4.69) is 18.0 Å². The Kier molecular flexibility index (Phi) is 11.0. The number of halogens is 3. The second kappa shape index (κ2) is 14.0. The quantitative estimate of drug-likeness (QED) is 0.176. The minimum absolute atomic E-state index is 0.0110. The van der Waals surface area contributed by atoms with Crippen LogP contribution in [0.5, 0.6) is 0 Å². The Morgan fingerprint density at radius 1 is 1.28 bits per heavy atom. The van der Waals surface area contributed by atoms with Crippen molar-refractivity contribution in [3.05, 3.63) is 87.3 Å². The number of allylic oxidation sites excluding steroid dienone is 2. The molecule has 0 radical (unpaired) electrons. The molecule has 1 unspecified atom stereocenters. The molecule has 192 valence electrons. The van der Waals surface area contributed by atoms with Gasteiger partial charge in [-0.25, -0.2) is 5.01 Å². The van der Waals surface area contributed by atoms with Gasteiger partial charge in [0.15, 0.2) is 0 Å². The number of anilines is 1. The van der Waals surface area contributed by atoms with E-state index in [1.807, 2.05) is 36.2 Å². The molecule has 1 saturated heterocycles. The van der Waals surface area contributed by atoms with Crippen molar-refractivity contribution in [2.45, 2.75) is 32.1 Å². The number of nitrogens with one attached hydrogen (secondary N) is 1. The van der Waals surface area contributed by atoms with Crippen molar-refractivity contribution >= 4 is 63.9 Å². The van der Waals surface area contributed by atoms with Crippen molar-refractivity contribution in [2.24, 2.45) is 5.10 Å². The van der Waals surface area contributed by atoms with Crippen LogP contribution in [0.3, 0.4) is 0 Å². The van der Waals surface area contributed by atoms with Crippen molar-refractivity contribution in [1.82, 2.24) is 9.88 Å². The van der Waals surface area contributed by atoms with Gasteiger partial charge in [0.2, 0.25) is 5.91 Å². The minimum atomic E-state index is -0.144. The Morgan fingerprint density at radius 3 is 2.67 bits per heavy atom. The molecule has 10 heteroatoms. The number of amides is 1. The van der Waals surface area contributed by atoms with Gasteiger partial charge in [0.25, 0.3) is 0 Å². The number of aliphatic hydroxyl groups excluding tert-OH is 1. The highest BCUT2D eigenvalue weighted by molar-refractivity contribution is 8.01. The van der Waals surface area contributed by atoms with Gasteiger partial charge in [0.1, 0.15) is 5.15 Å². The van der Waals surface area contributed by atoms with Gasteiger partial charge in [0, 0.05) is 22.8 Å². The summed E-state index contributed by atoms with van der Waals surface area (Å²) >= 11 is 20.1. The Labute approximate surface area is 231 Å². The summed E-state index contributed by atoms with van der Waals surface area (Å²) in [6, 6.07) is 8.83. The number of rotatable bonds is 11. The van der Waals surface area contributed by atoms with E-state index >= 15 is 0 Å². The Morgan fingerprint density at radius 2 is 2.03 bits per heavy atom. The van der Waals surface area contributed by atoms with Crippen LogP contribution >= 0.6 is 46.6 Å². The molecular formula is C26H29Cl3N4O2S. The van der Waals surface area contributed by atoms with Crippen LogP contribution in [0.15, 0.2) is 71.5 Å². The van der Waals surface area contributed by atoms with E-state index in [4.69, 9.17) is 45.0 Å². The molecular weight excluding hydrogens is 539 g/mol. The number of H-pyrrole nitrogens is 1. The van der Waals surface area contributed by atoms with E-state index < -0.39 is 0 Å². The van der Waals surface area contributed by atoms with E-state index in [1.54, 1.807) is 47.1 Å². The molecule has 1 amide bonds. The lowest BCUT2D eigenvalue weighted by atomic mass is 10.1. The summed E-state index contributed by atoms with van der Waals surface area (Å²) in [5.74, 6) is 0.510. The van der Waals surface area contributed by atoms with E-state index in [0.29, 0.717) is 45.3 Å². The molecule has 0 spiro atoms.